The number of anilines is 1. The van der Waals surface area contributed by atoms with E-state index in [1.54, 1.807) is 19.2 Å². The summed E-state index contributed by atoms with van der Waals surface area (Å²) in [7, 11) is 1.64. The predicted octanol–water partition coefficient (Wildman–Crippen LogP) is 4.06. The molecule has 12 heteroatoms. The second kappa shape index (κ2) is 8.30. The summed E-state index contributed by atoms with van der Waals surface area (Å²) in [4.78, 5) is 10.0. The van der Waals surface area contributed by atoms with Crippen LogP contribution in [0.2, 0.25) is 10.0 Å². The number of nitrogen functional groups attached to an aromatic ring is 1. The van der Waals surface area contributed by atoms with E-state index >= 15 is 4.39 Å². The molecule has 5 aromatic rings. The monoisotopic (exact) mass is 483 g/mol. The molecule has 33 heavy (non-hydrogen) atoms. The van der Waals surface area contributed by atoms with E-state index in [4.69, 9.17) is 29.0 Å². The van der Waals surface area contributed by atoms with Gasteiger partial charge in [0.15, 0.2) is 0 Å². The maximum Gasteiger partial charge on any atom is 0.223 e. The average molecular weight is 484 g/mol. The van der Waals surface area contributed by atoms with Crippen LogP contribution in [0, 0.1) is 5.82 Å². The molecule has 0 unspecified atom stereocenters. The number of nitrogens with one attached hydrogen (secondary N) is 1. The summed E-state index contributed by atoms with van der Waals surface area (Å²) >= 11 is 12.6. The molecular weight excluding hydrogens is 468 g/mol. The molecule has 3 aromatic heterocycles. The van der Waals surface area contributed by atoms with Gasteiger partial charge in [-0.2, -0.15) is 4.80 Å². The number of imidazole rings is 1. The molecule has 9 nitrogen and oxygen atoms in total. The first-order chi connectivity index (χ1) is 15.9. The highest BCUT2D eigenvalue weighted by Crippen LogP contribution is 2.38. The second-order valence-electron chi connectivity index (χ2n) is 7.21. The van der Waals surface area contributed by atoms with E-state index in [-0.39, 0.29) is 12.2 Å². The highest BCUT2D eigenvalue weighted by Gasteiger charge is 2.19. The lowest BCUT2D eigenvalue weighted by Gasteiger charge is -2.12. The number of rotatable bonds is 5. The number of aryl methyl sites for hydroxylation is 1. The first-order valence-corrected chi connectivity index (χ1v) is 10.5. The van der Waals surface area contributed by atoms with Crippen molar-refractivity contribution in [2.45, 2.75) is 6.54 Å². The van der Waals surface area contributed by atoms with Crippen molar-refractivity contribution < 1.29 is 4.39 Å². The number of halogens is 3. The molecule has 0 aliphatic heterocycles. The lowest BCUT2D eigenvalue weighted by atomic mass is 10.00. The lowest BCUT2D eigenvalue weighted by molar-refractivity contribution is 0.603. The zero-order valence-corrected chi connectivity index (χ0v) is 18.7. The van der Waals surface area contributed by atoms with Gasteiger partial charge in [0, 0.05) is 22.3 Å². The molecule has 0 atom stereocenters. The summed E-state index contributed by atoms with van der Waals surface area (Å²) in [6.07, 6.45) is 1.54. The highest BCUT2D eigenvalue weighted by molar-refractivity contribution is 6.37. The van der Waals surface area contributed by atoms with Crippen LogP contribution in [0.4, 0.5) is 10.3 Å². The van der Waals surface area contributed by atoms with Crippen molar-refractivity contribution in [2.24, 2.45) is 7.05 Å². The van der Waals surface area contributed by atoms with Gasteiger partial charge in [-0.15, -0.1) is 10.2 Å². The van der Waals surface area contributed by atoms with Crippen LogP contribution in [0.1, 0.15) is 5.69 Å². The van der Waals surface area contributed by atoms with E-state index < -0.39 is 5.82 Å². The third-order valence-corrected chi connectivity index (χ3v) is 5.54. The topological polar surface area (TPSA) is 112 Å². The minimum atomic E-state index is -0.520. The summed E-state index contributed by atoms with van der Waals surface area (Å²) in [5.74, 6) is 6.25. The molecule has 0 radical (unpaired) electrons. The van der Waals surface area contributed by atoms with Crippen molar-refractivity contribution in [3.8, 4) is 22.5 Å². The van der Waals surface area contributed by atoms with Crippen molar-refractivity contribution in [1.29, 1.82) is 0 Å². The Hall–Kier alpha value is -3.76. The fourth-order valence-electron chi connectivity index (χ4n) is 3.49. The van der Waals surface area contributed by atoms with Gasteiger partial charge in [-0.1, -0.05) is 35.3 Å². The molecular formula is C21H16Cl2FN9. The van der Waals surface area contributed by atoms with Crippen molar-refractivity contribution in [3.63, 3.8) is 0 Å². The van der Waals surface area contributed by atoms with E-state index in [1.165, 1.54) is 21.7 Å². The Bertz CT molecular complexity index is 1490. The summed E-state index contributed by atoms with van der Waals surface area (Å²) in [6.45, 7) is 0.0848. The zero-order chi connectivity index (χ0) is 23.1. The first-order valence-electron chi connectivity index (χ1n) is 9.75. The number of tetrazole rings is 1. The number of benzene rings is 2. The van der Waals surface area contributed by atoms with Gasteiger partial charge in [0.25, 0.3) is 0 Å². The van der Waals surface area contributed by atoms with Crippen molar-refractivity contribution >= 4 is 40.2 Å². The Morgan fingerprint density at radius 3 is 2.70 bits per heavy atom. The average Bonchev–Trinajstić information content (AvgIpc) is 3.35. The number of hydrogen-bond donors (Lipinski definition) is 2. The minimum absolute atomic E-state index is 0.0848. The standard InChI is InChI=1S/C21H16Cl2FN9/c1-32-30-20(29-31-32)19-13(7-12(22)8-14(19)23)11-6-15(24)17(26-9-11)10-27-21-28-16-4-2-3-5-18(16)33(21)25/h2-9H,10,25H2,1H3,(H,27,28). The third kappa shape index (κ3) is 3.94. The van der Waals surface area contributed by atoms with Gasteiger partial charge in [-0.3, -0.25) is 4.98 Å². The molecule has 0 amide bonds. The van der Waals surface area contributed by atoms with Crippen LogP contribution in [0.15, 0.2) is 48.7 Å². The Morgan fingerprint density at radius 1 is 1.15 bits per heavy atom. The van der Waals surface area contributed by atoms with Gasteiger partial charge in [0.05, 0.1) is 35.3 Å². The number of aromatic nitrogens is 7. The number of fused-ring (bicyclic) bond motifs is 1. The fourth-order valence-corrected chi connectivity index (χ4v) is 4.07. The van der Waals surface area contributed by atoms with Crippen molar-refractivity contribution in [3.05, 3.63) is 70.2 Å². The van der Waals surface area contributed by atoms with E-state index in [0.717, 1.165) is 11.0 Å². The molecule has 3 N–H and O–H groups in total. The zero-order valence-electron chi connectivity index (χ0n) is 17.2. The molecule has 5 rings (SSSR count). The van der Waals surface area contributed by atoms with E-state index in [2.05, 4.69) is 30.7 Å². The van der Waals surface area contributed by atoms with Crippen LogP contribution in [-0.2, 0) is 13.6 Å². The van der Waals surface area contributed by atoms with Crippen LogP contribution in [0.25, 0.3) is 33.5 Å². The number of nitrogens with zero attached hydrogens (tertiary/aromatic N) is 7. The van der Waals surface area contributed by atoms with Crippen molar-refractivity contribution in [2.75, 3.05) is 11.2 Å². The van der Waals surface area contributed by atoms with Gasteiger partial charge in [-0.25, -0.2) is 14.1 Å². The maximum absolute atomic E-state index is 15.0. The molecule has 0 spiro atoms. The van der Waals surface area contributed by atoms with Crippen LogP contribution in [0.5, 0.6) is 0 Å². The molecule has 0 saturated carbocycles. The van der Waals surface area contributed by atoms with Gasteiger partial charge >= 0.3 is 0 Å². The largest absolute Gasteiger partial charge is 0.348 e. The fraction of sp³-hybridized carbons (Fsp3) is 0.0952. The van der Waals surface area contributed by atoms with Crippen LogP contribution in [-0.4, -0.2) is 34.9 Å². The second-order valence-corrected chi connectivity index (χ2v) is 8.06. The SMILES string of the molecule is Cn1nnc(-c2c(Cl)cc(Cl)cc2-c2cnc(CNc3nc4ccccc4n3N)c(F)c2)n1. The number of pyridine rings is 1. The maximum atomic E-state index is 15.0. The number of nitrogens with two attached hydrogens (primary N) is 1. The Labute approximate surface area is 196 Å². The molecule has 2 aromatic carbocycles. The summed E-state index contributed by atoms with van der Waals surface area (Å²) in [5.41, 5.74) is 3.17. The normalized spacial score (nSPS) is 11.3. The van der Waals surface area contributed by atoms with Gasteiger partial charge in [0.2, 0.25) is 11.8 Å². The molecule has 0 aliphatic carbocycles. The molecule has 0 bridgehead atoms. The van der Waals surface area contributed by atoms with Crippen molar-refractivity contribution in [1.82, 2.24) is 34.9 Å². The molecule has 166 valence electrons. The Balaban J connectivity index is 1.46. The van der Waals surface area contributed by atoms with E-state index in [1.807, 2.05) is 24.3 Å². The van der Waals surface area contributed by atoms with Gasteiger partial charge < -0.3 is 11.2 Å². The first kappa shape index (κ1) is 21.1. The smallest absolute Gasteiger partial charge is 0.223 e. The minimum Gasteiger partial charge on any atom is -0.348 e. The van der Waals surface area contributed by atoms with Crippen LogP contribution in [0.3, 0.4) is 0 Å². The third-order valence-electron chi connectivity index (χ3n) is 5.03. The van der Waals surface area contributed by atoms with E-state index in [0.29, 0.717) is 38.5 Å². The van der Waals surface area contributed by atoms with Crippen LogP contribution >= 0.6 is 23.2 Å². The number of para-hydroxylation sites is 2. The highest BCUT2D eigenvalue weighted by atomic mass is 35.5. The molecule has 0 fully saturated rings. The molecule has 0 saturated heterocycles. The van der Waals surface area contributed by atoms with Gasteiger partial charge in [-0.05, 0) is 41.1 Å². The predicted molar refractivity (Wildman–Crippen MR) is 125 cm³/mol. The summed E-state index contributed by atoms with van der Waals surface area (Å²) < 4.78 is 16.4. The summed E-state index contributed by atoms with van der Waals surface area (Å²) in [6, 6.07) is 12.0. The van der Waals surface area contributed by atoms with Crippen LogP contribution < -0.4 is 11.2 Å². The molecule has 3 heterocycles. The number of hydrogen-bond acceptors (Lipinski definition) is 7. The lowest BCUT2D eigenvalue weighted by Crippen LogP contribution is -2.14. The Kier molecular flexibility index (Phi) is 5.31. The summed E-state index contributed by atoms with van der Waals surface area (Å²) in [5, 5.41) is 15.8. The Morgan fingerprint density at radius 2 is 1.97 bits per heavy atom. The van der Waals surface area contributed by atoms with Gasteiger partial charge in [0.1, 0.15) is 5.82 Å². The molecule has 0 aliphatic rings. The van der Waals surface area contributed by atoms with E-state index in [9.17, 15) is 0 Å². The quantitative estimate of drug-likeness (QED) is 0.362.